The van der Waals surface area contributed by atoms with Crippen molar-refractivity contribution in [3.05, 3.63) is 88.4 Å². The number of amides is 1. The molecule has 1 amide bonds. The maximum absolute atomic E-state index is 13.1. The van der Waals surface area contributed by atoms with Gasteiger partial charge in [-0.15, -0.1) is 0 Å². The van der Waals surface area contributed by atoms with Gasteiger partial charge >= 0.3 is 0 Å². The van der Waals surface area contributed by atoms with Gasteiger partial charge in [0.2, 0.25) is 0 Å². The quantitative estimate of drug-likeness (QED) is 0.409. The normalized spacial score (nSPS) is 10.7. The molecule has 1 aromatic heterocycles. The van der Waals surface area contributed by atoms with Crippen molar-refractivity contribution in [3.63, 3.8) is 0 Å². The average molecular weight is 423 g/mol. The number of hydrogen-bond acceptors (Lipinski definition) is 3. The molecular formula is C23H16Cl2N2O2. The van der Waals surface area contributed by atoms with Gasteiger partial charge in [0.1, 0.15) is 5.75 Å². The lowest BCUT2D eigenvalue weighted by molar-refractivity contribution is 0.102. The third-order valence-electron chi connectivity index (χ3n) is 4.45. The second-order valence-corrected chi connectivity index (χ2v) is 7.29. The van der Waals surface area contributed by atoms with E-state index in [0.717, 1.165) is 22.2 Å². The lowest BCUT2D eigenvalue weighted by Gasteiger charge is -2.12. The summed E-state index contributed by atoms with van der Waals surface area (Å²) >= 11 is 12.1. The zero-order chi connectivity index (χ0) is 20.4. The summed E-state index contributed by atoms with van der Waals surface area (Å²) in [5.74, 6) is 0.447. The van der Waals surface area contributed by atoms with E-state index in [2.05, 4.69) is 5.32 Å². The molecule has 0 aliphatic rings. The fourth-order valence-electron chi connectivity index (χ4n) is 3.12. The maximum Gasteiger partial charge on any atom is 0.256 e. The lowest BCUT2D eigenvalue weighted by Crippen LogP contribution is -2.13. The van der Waals surface area contributed by atoms with Crippen LogP contribution in [-0.4, -0.2) is 18.0 Å². The van der Waals surface area contributed by atoms with Gasteiger partial charge in [-0.2, -0.15) is 0 Å². The van der Waals surface area contributed by atoms with Crippen LogP contribution in [-0.2, 0) is 0 Å². The van der Waals surface area contributed by atoms with Gasteiger partial charge in [-0.25, -0.2) is 4.98 Å². The number of nitrogens with zero attached hydrogens (tertiary/aromatic N) is 1. The molecule has 4 nitrogen and oxygen atoms in total. The van der Waals surface area contributed by atoms with Crippen molar-refractivity contribution in [1.82, 2.24) is 4.98 Å². The lowest BCUT2D eigenvalue weighted by atomic mass is 10.0. The van der Waals surface area contributed by atoms with Crippen molar-refractivity contribution >= 4 is 45.7 Å². The van der Waals surface area contributed by atoms with E-state index in [1.54, 1.807) is 31.4 Å². The summed E-state index contributed by atoms with van der Waals surface area (Å²) in [7, 11) is 1.61. The van der Waals surface area contributed by atoms with Crippen molar-refractivity contribution in [1.29, 1.82) is 0 Å². The van der Waals surface area contributed by atoms with Crippen LogP contribution in [0.25, 0.3) is 22.2 Å². The van der Waals surface area contributed by atoms with Gasteiger partial charge in [0, 0.05) is 26.7 Å². The average Bonchev–Trinajstić information content (AvgIpc) is 2.72. The van der Waals surface area contributed by atoms with Crippen molar-refractivity contribution in [2.75, 3.05) is 12.4 Å². The van der Waals surface area contributed by atoms with E-state index in [0.29, 0.717) is 27.0 Å². The molecule has 0 aliphatic heterocycles. The van der Waals surface area contributed by atoms with Gasteiger partial charge in [0.05, 0.1) is 23.9 Å². The van der Waals surface area contributed by atoms with Crippen LogP contribution in [0.2, 0.25) is 10.0 Å². The molecule has 4 rings (SSSR count). The molecule has 0 saturated carbocycles. The van der Waals surface area contributed by atoms with Crippen LogP contribution in [0.3, 0.4) is 0 Å². The fourth-order valence-corrected chi connectivity index (χ4v) is 3.64. The Labute approximate surface area is 178 Å². The number of halogens is 2. The number of carbonyl (C=O) groups excluding carboxylic acids is 1. The molecule has 3 aromatic carbocycles. The van der Waals surface area contributed by atoms with E-state index >= 15 is 0 Å². The van der Waals surface area contributed by atoms with Crippen LogP contribution in [0.15, 0.2) is 72.8 Å². The Balaban J connectivity index is 1.81. The summed E-state index contributed by atoms with van der Waals surface area (Å²) in [6.45, 7) is 0. The Bertz CT molecular complexity index is 1200. The minimum Gasteiger partial charge on any atom is -0.497 e. The van der Waals surface area contributed by atoms with Crippen LogP contribution in [0.4, 0.5) is 5.69 Å². The molecule has 1 N–H and O–H groups in total. The van der Waals surface area contributed by atoms with E-state index in [4.69, 9.17) is 32.9 Å². The standard InChI is InChI=1S/C23H16Cl2N2O2/c1-29-18-6-4-5-14(9-18)22-13-20(19-7-2-3-8-21(19)27-22)23(28)26-17-11-15(24)10-16(25)12-17/h2-13H,1H3,(H,26,28). The van der Waals surface area contributed by atoms with Gasteiger partial charge in [0.25, 0.3) is 5.91 Å². The van der Waals surface area contributed by atoms with Crippen molar-refractivity contribution in [2.24, 2.45) is 0 Å². The van der Waals surface area contributed by atoms with Crippen LogP contribution in [0.5, 0.6) is 5.75 Å². The minimum absolute atomic E-state index is 0.272. The SMILES string of the molecule is COc1cccc(-c2cc(C(=O)Nc3cc(Cl)cc(Cl)c3)c3ccccc3n2)c1. The molecular weight excluding hydrogens is 407 g/mol. The summed E-state index contributed by atoms with van der Waals surface area (Å²) in [6, 6.07) is 21.8. The third-order valence-corrected chi connectivity index (χ3v) is 4.88. The van der Waals surface area contributed by atoms with Gasteiger partial charge in [-0.3, -0.25) is 4.79 Å². The largest absolute Gasteiger partial charge is 0.497 e. The predicted octanol–water partition coefficient (Wildman–Crippen LogP) is 6.47. The molecule has 6 heteroatoms. The fraction of sp³-hybridized carbons (Fsp3) is 0.0435. The summed E-state index contributed by atoms with van der Waals surface area (Å²) < 4.78 is 5.31. The van der Waals surface area contributed by atoms with E-state index < -0.39 is 0 Å². The van der Waals surface area contributed by atoms with Gasteiger partial charge < -0.3 is 10.1 Å². The van der Waals surface area contributed by atoms with E-state index in [9.17, 15) is 4.79 Å². The van der Waals surface area contributed by atoms with Crippen molar-refractivity contribution in [3.8, 4) is 17.0 Å². The molecule has 0 atom stereocenters. The van der Waals surface area contributed by atoms with Crippen LogP contribution < -0.4 is 10.1 Å². The molecule has 0 unspecified atom stereocenters. The highest BCUT2D eigenvalue weighted by Crippen LogP contribution is 2.28. The zero-order valence-electron chi connectivity index (χ0n) is 15.4. The Kier molecular flexibility index (Phi) is 5.38. The number of para-hydroxylation sites is 1. The van der Waals surface area contributed by atoms with E-state index in [-0.39, 0.29) is 5.91 Å². The molecule has 0 aliphatic carbocycles. The first-order valence-electron chi connectivity index (χ1n) is 8.85. The monoisotopic (exact) mass is 422 g/mol. The molecule has 29 heavy (non-hydrogen) atoms. The molecule has 0 radical (unpaired) electrons. The number of pyridine rings is 1. The van der Waals surface area contributed by atoms with Gasteiger partial charge in [-0.1, -0.05) is 53.5 Å². The summed E-state index contributed by atoms with van der Waals surface area (Å²) in [6.07, 6.45) is 0. The topological polar surface area (TPSA) is 51.2 Å². The molecule has 0 bridgehead atoms. The molecule has 0 spiro atoms. The number of fused-ring (bicyclic) bond motifs is 1. The first kappa shape index (κ1) is 19.2. The highest BCUT2D eigenvalue weighted by molar-refractivity contribution is 6.35. The second-order valence-electron chi connectivity index (χ2n) is 6.42. The molecule has 0 saturated heterocycles. The number of carbonyl (C=O) groups is 1. The van der Waals surface area contributed by atoms with Crippen molar-refractivity contribution < 1.29 is 9.53 Å². The Morgan fingerprint density at radius 2 is 1.69 bits per heavy atom. The summed E-state index contributed by atoms with van der Waals surface area (Å²) in [5, 5.41) is 4.52. The minimum atomic E-state index is -0.272. The number of nitrogens with one attached hydrogen (secondary N) is 1. The molecule has 1 heterocycles. The van der Waals surface area contributed by atoms with Crippen molar-refractivity contribution in [2.45, 2.75) is 0 Å². The molecule has 144 valence electrons. The highest BCUT2D eigenvalue weighted by Gasteiger charge is 2.15. The summed E-state index contributed by atoms with van der Waals surface area (Å²) in [5.41, 5.74) is 3.29. The smallest absolute Gasteiger partial charge is 0.256 e. The number of ether oxygens (including phenoxy) is 1. The van der Waals surface area contributed by atoms with Crippen LogP contribution in [0, 0.1) is 0 Å². The third kappa shape index (κ3) is 4.19. The van der Waals surface area contributed by atoms with E-state index in [1.165, 1.54) is 0 Å². The van der Waals surface area contributed by atoms with Gasteiger partial charge in [0.15, 0.2) is 0 Å². The number of benzene rings is 3. The Morgan fingerprint density at radius 1 is 0.931 bits per heavy atom. The zero-order valence-corrected chi connectivity index (χ0v) is 17.0. The number of methoxy groups -OCH3 is 1. The summed E-state index contributed by atoms with van der Waals surface area (Å²) in [4.78, 5) is 17.8. The highest BCUT2D eigenvalue weighted by atomic mass is 35.5. The molecule has 0 fully saturated rings. The number of aromatic nitrogens is 1. The van der Waals surface area contributed by atoms with Gasteiger partial charge in [-0.05, 0) is 42.5 Å². The Morgan fingerprint density at radius 3 is 2.45 bits per heavy atom. The first-order valence-corrected chi connectivity index (χ1v) is 9.61. The second kappa shape index (κ2) is 8.11. The number of anilines is 1. The number of rotatable bonds is 4. The molecule has 4 aromatic rings. The number of hydrogen-bond donors (Lipinski definition) is 1. The maximum atomic E-state index is 13.1. The van der Waals surface area contributed by atoms with Crippen LogP contribution >= 0.6 is 23.2 Å². The Hall–Kier alpha value is -3.08. The van der Waals surface area contributed by atoms with E-state index in [1.807, 2.05) is 48.5 Å². The van der Waals surface area contributed by atoms with Crippen LogP contribution in [0.1, 0.15) is 10.4 Å². The predicted molar refractivity (Wildman–Crippen MR) is 118 cm³/mol. The first-order chi connectivity index (χ1) is 14.0.